The van der Waals surface area contributed by atoms with E-state index in [1.54, 1.807) is 49.6 Å². The number of methoxy groups -OCH3 is 1. The summed E-state index contributed by atoms with van der Waals surface area (Å²) in [5.74, 6) is -0.0230. The van der Waals surface area contributed by atoms with Crippen LogP contribution in [-0.2, 0) is 4.79 Å². The molecule has 0 atom stereocenters. The predicted octanol–water partition coefficient (Wildman–Crippen LogP) is 4.77. The number of hydrogen-bond donors (Lipinski definition) is 0. The van der Waals surface area contributed by atoms with E-state index in [0.717, 1.165) is 11.3 Å². The molecule has 0 aliphatic heterocycles. The summed E-state index contributed by atoms with van der Waals surface area (Å²) in [5, 5.41) is 0. The maximum atomic E-state index is 12.3. The maximum absolute atomic E-state index is 12.3. The fraction of sp³-hybridized carbons (Fsp3) is 0.0800. The molecule has 3 aromatic rings. The molecule has 0 aliphatic carbocycles. The van der Waals surface area contributed by atoms with Crippen molar-refractivity contribution < 1.29 is 23.9 Å². The molecule has 5 nitrogen and oxygen atoms in total. The Morgan fingerprint density at radius 3 is 1.90 bits per heavy atom. The normalized spacial score (nSPS) is 10.6. The fourth-order valence-corrected chi connectivity index (χ4v) is 2.71. The molecule has 0 amide bonds. The van der Waals surface area contributed by atoms with Crippen LogP contribution < -0.4 is 9.47 Å². The van der Waals surface area contributed by atoms with Gasteiger partial charge in [-0.1, -0.05) is 42.5 Å². The fourth-order valence-electron chi connectivity index (χ4n) is 2.71. The summed E-state index contributed by atoms with van der Waals surface area (Å²) in [7, 11) is 1.59. The molecule has 0 N–H and O–H groups in total. The van der Waals surface area contributed by atoms with E-state index < -0.39 is 5.97 Å². The lowest BCUT2D eigenvalue weighted by molar-refractivity contribution is -0.128. The Balaban J connectivity index is 1.55. The minimum absolute atomic E-state index is 0.215. The Kier molecular flexibility index (Phi) is 6.90. The van der Waals surface area contributed by atoms with Crippen molar-refractivity contribution in [1.29, 1.82) is 0 Å². The van der Waals surface area contributed by atoms with Crippen LogP contribution in [0.4, 0.5) is 0 Å². The first-order chi connectivity index (χ1) is 14.5. The third-order valence-corrected chi connectivity index (χ3v) is 4.34. The summed E-state index contributed by atoms with van der Waals surface area (Å²) in [6.07, 6.45) is 2.74. The van der Waals surface area contributed by atoms with E-state index in [9.17, 15) is 14.4 Å². The van der Waals surface area contributed by atoms with Crippen molar-refractivity contribution in [2.75, 3.05) is 7.11 Å². The Bertz CT molecular complexity index is 1050. The van der Waals surface area contributed by atoms with Gasteiger partial charge in [-0.15, -0.1) is 0 Å². The molecule has 0 radical (unpaired) electrons. The van der Waals surface area contributed by atoms with Gasteiger partial charge in [-0.05, 0) is 48.0 Å². The Hall–Kier alpha value is -3.99. The van der Waals surface area contributed by atoms with Gasteiger partial charge in [0.2, 0.25) is 0 Å². The van der Waals surface area contributed by atoms with E-state index in [1.807, 2.05) is 18.2 Å². The third-order valence-electron chi connectivity index (χ3n) is 4.34. The van der Waals surface area contributed by atoms with Crippen molar-refractivity contribution in [3.05, 3.63) is 102 Å². The zero-order valence-corrected chi connectivity index (χ0v) is 16.4. The number of Topliss-reactive ketones (excluding diaryl/α,β-unsaturated/α-hetero) is 2. The molecule has 0 bridgehead atoms. The summed E-state index contributed by atoms with van der Waals surface area (Å²) < 4.78 is 10.3. The summed E-state index contributed by atoms with van der Waals surface area (Å²) in [5.41, 5.74) is 1.71. The second-order valence-electron chi connectivity index (χ2n) is 6.44. The van der Waals surface area contributed by atoms with Gasteiger partial charge in [0.05, 0.1) is 13.5 Å². The molecule has 150 valence electrons. The molecule has 0 aromatic heterocycles. The van der Waals surface area contributed by atoms with Gasteiger partial charge in [0.1, 0.15) is 11.5 Å². The van der Waals surface area contributed by atoms with Gasteiger partial charge in [-0.25, -0.2) is 4.79 Å². The zero-order chi connectivity index (χ0) is 21.3. The highest BCUT2D eigenvalue weighted by Crippen LogP contribution is 2.16. The van der Waals surface area contributed by atoms with Gasteiger partial charge in [0.25, 0.3) is 0 Å². The van der Waals surface area contributed by atoms with E-state index in [2.05, 4.69) is 0 Å². The van der Waals surface area contributed by atoms with Gasteiger partial charge in [0.15, 0.2) is 11.6 Å². The number of carbonyl (C=O) groups excluding carboxylic acids is 3. The van der Waals surface area contributed by atoms with Crippen LogP contribution in [-0.4, -0.2) is 24.6 Å². The molecule has 5 heteroatoms. The summed E-state index contributed by atoms with van der Waals surface area (Å²) in [4.78, 5) is 36.5. The maximum Gasteiger partial charge on any atom is 0.336 e. The second kappa shape index (κ2) is 9.98. The van der Waals surface area contributed by atoms with Crippen molar-refractivity contribution in [2.45, 2.75) is 6.42 Å². The number of carbonyl (C=O) groups is 3. The van der Waals surface area contributed by atoms with Crippen LogP contribution in [0.25, 0.3) is 6.08 Å². The number of esters is 1. The lowest BCUT2D eigenvalue weighted by Gasteiger charge is -2.04. The molecule has 0 fully saturated rings. The van der Waals surface area contributed by atoms with Gasteiger partial charge >= 0.3 is 5.97 Å². The SMILES string of the molecule is COc1ccc(C=CC(=O)Oc2ccc(C(=O)CC(=O)c3ccccc3)cc2)cc1. The first-order valence-electron chi connectivity index (χ1n) is 9.30. The minimum Gasteiger partial charge on any atom is -0.497 e. The molecule has 3 aromatic carbocycles. The first-order valence-corrected chi connectivity index (χ1v) is 9.30. The predicted molar refractivity (Wildman–Crippen MR) is 114 cm³/mol. The lowest BCUT2D eigenvalue weighted by Crippen LogP contribution is -2.09. The zero-order valence-electron chi connectivity index (χ0n) is 16.4. The van der Waals surface area contributed by atoms with Crippen LogP contribution in [0.5, 0.6) is 11.5 Å². The quantitative estimate of drug-likeness (QED) is 0.179. The Morgan fingerprint density at radius 2 is 1.30 bits per heavy atom. The van der Waals surface area contributed by atoms with Gasteiger partial charge in [-0.2, -0.15) is 0 Å². The summed E-state index contributed by atoms with van der Waals surface area (Å²) >= 11 is 0. The summed E-state index contributed by atoms with van der Waals surface area (Å²) in [6.45, 7) is 0. The number of ketones is 2. The van der Waals surface area contributed by atoms with Crippen LogP contribution in [0.3, 0.4) is 0 Å². The number of ether oxygens (including phenoxy) is 2. The molecular formula is C25H20O5. The third kappa shape index (κ3) is 5.75. The molecule has 3 rings (SSSR count). The monoisotopic (exact) mass is 400 g/mol. The minimum atomic E-state index is -0.538. The second-order valence-corrected chi connectivity index (χ2v) is 6.44. The van der Waals surface area contributed by atoms with E-state index >= 15 is 0 Å². The largest absolute Gasteiger partial charge is 0.497 e. The van der Waals surface area contributed by atoms with Crippen LogP contribution in [0.2, 0.25) is 0 Å². The Morgan fingerprint density at radius 1 is 0.733 bits per heavy atom. The molecule has 0 heterocycles. The first kappa shape index (κ1) is 20.7. The van der Waals surface area contributed by atoms with Crippen molar-refractivity contribution >= 4 is 23.6 Å². The highest BCUT2D eigenvalue weighted by Gasteiger charge is 2.13. The van der Waals surface area contributed by atoms with Crippen LogP contribution in [0.15, 0.2) is 84.9 Å². The van der Waals surface area contributed by atoms with Crippen molar-refractivity contribution in [2.24, 2.45) is 0 Å². The lowest BCUT2D eigenvalue weighted by atomic mass is 10.0. The molecule has 0 aliphatic rings. The average Bonchev–Trinajstić information content (AvgIpc) is 2.79. The van der Waals surface area contributed by atoms with Gasteiger partial charge in [0, 0.05) is 17.2 Å². The van der Waals surface area contributed by atoms with E-state index in [4.69, 9.17) is 9.47 Å². The van der Waals surface area contributed by atoms with E-state index in [1.165, 1.54) is 30.3 Å². The van der Waals surface area contributed by atoms with E-state index in [-0.39, 0.29) is 18.0 Å². The highest BCUT2D eigenvalue weighted by atomic mass is 16.5. The molecular weight excluding hydrogens is 380 g/mol. The molecule has 30 heavy (non-hydrogen) atoms. The van der Waals surface area contributed by atoms with Crippen LogP contribution in [0.1, 0.15) is 32.7 Å². The molecule has 0 spiro atoms. The van der Waals surface area contributed by atoms with Gasteiger partial charge < -0.3 is 9.47 Å². The Labute approximate surface area is 174 Å². The number of hydrogen-bond acceptors (Lipinski definition) is 5. The number of benzene rings is 3. The van der Waals surface area contributed by atoms with Crippen LogP contribution in [0, 0.1) is 0 Å². The topological polar surface area (TPSA) is 69.7 Å². The van der Waals surface area contributed by atoms with E-state index in [0.29, 0.717) is 16.9 Å². The molecule has 0 saturated heterocycles. The summed E-state index contributed by atoms with van der Waals surface area (Å²) in [6, 6.07) is 22.0. The smallest absolute Gasteiger partial charge is 0.336 e. The molecule has 0 saturated carbocycles. The highest BCUT2D eigenvalue weighted by molar-refractivity contribution is 6.13. The van der Waals surface area contributed by atoms with Crippen molar-refractivity contribution in [1.82, 2.24) is 0 Å². The number of rotatable bonds is 8. The van der Waals surface area contributed by atoms with Gasteiger partial charge in [-0.3, -0.25) is 9.59 Å². The van der Waals surface area contributed by atoms with Crippen molar-refractivity contribution in [3.8, 4) is 11.5 Å². The van der Waals surface area contributed by atoms with Crippen LogP contribution >= 0.6 is 0 Å². The van der Waals surface area contributed by atoms with Crippen molar-refractivity contribution in [3.63, 3.8) is 0 Å². The molecule has 0 unspecified atom stereocenters. The average molecular weight is 400 g/mol. The standard InChI is InChI=1S/C25H20O5/c1-29-21-12-7-18(8-13-21)9-16-25(28)30-22-14-10-20(11-15-22)24(27)17-23(26)19-5-3-2-4-6-19/h2-16H,17H2,1H3.